The van der Waals surface area contributed by atoms with Gasteiger partial charge in [-0.3, -0.25) is 4.79 Å². The fraction of sp³-hybridized carbons (Fsp3) is 0.720. The fourth-order valence-corrected chi connectivity index (χ4v) is 5.12. The predicted octanol–water partition coefficient (Wildman–Crippen LogP) is 4.47. The van der Waals surface area contributed by atoms with Crippen LogP contribution in [0.25, 0.3) is 6.20 Å². The molecule has 2 unspecified atom stereocenters. The number of fused-ring (bicyclic) bond motifs is 2. The minimum atomic E-state index is -0.674. The molecule has 2 fully saturated rings. The molecule has 2 saturated carbocycles. The Morgan fingerprint density at radius 3 is 2.55 bits per heavy atom. The zero-order valence-corrected chi connectivity index (χ0v) is 20.9. The lowest BCUT2D eigenvalue weighted by molar-refractivity contribution is 0.0685. The number of nitrogens with zero attached hydrogens (tertiary/aromatic N) is 2. The molecular weight excluding hydrogens is 420 g/mol. The number of alkyl carbamates (subject to hydrolysis) is 1. The van der Waals surface area contributed by atoms with Crippen LogP contribution in [0.3, 0.4) is 0 Å². The largest absolute Gasteiger partial charge is 0.477 e. The van der Waals surface area contributed by atoms with Gasteiger partial charge in [0, 0.05) is 12.2 Å². The van der Waals surface area contributed by atoms with Crippen molar-refractivity contribution in [3.63, 3.8) is 0 Å². The number of carbonyl (C=O) groups excluding carboxylic acids is 2. The first-order chi connectivity index (χ1) is 15.6. The van der Waals surface area contributed by atoms with Gasteiger partial charge in [-0.25, -0.2) is 9.48 Å². The first-order valence-electron chi connectivity index (χ1n) is 12.2. The monoisotopic (exact) mass is 460 g/mol. The highest BCUT2D eigenvalue weighted by molar-refractivity contribution is 5.96. The zero-order valence-electron chi connectivity index (χ0n) is 20.9. The second kappa shape index (κ2) is 10.6. The van der Waals surface area contributed by atoms with Crippen molar-refractivity contribution in [3.05, 3.63) is 17.8 Å². The van der Waals surface area contributed by atoms with Crippen LogP contribution in [0.5, 0.6) is 5.88 Å². The van der Waals surface area contributed by atoms with Crippen LogP contribution < -0.4 is 15.4 Å². The van der Waals surface area contributed by atoms with Crippen LogP contribution in [0.2, 0.25) is 0 Å². The van der Waals surface area contributed by atoms with E-state index in [9.17, 15) is 9.59 Å². The summed E-state index contributed by atoms with van der Waals surface area (Å²) in [5.74, 6) is 2.42. The van der Waals surface area contributed by atoms with Crippen molar-refractivity contribution in [3.8, 4) is 5.88 Å². The van der Waals surface area contributed by atoms with Crippen molar-refractivity contribution in [2.45, 2.75) is 78.3 Å². The smallest absolute Gasteiger partial charge is 0.407 e. The van der Waals surface area contributed by atoms with Crippen LogP contribution in [0, 0.1) is 23.7 Å². The lowest BCUT2D eigenvalue weighted by Gasteiger charge is -2.45. The minimum absolute atomic E-state index is 0.128. The van der Waals surface area contributed by atoms with Crippen LogP contribution in [0.15, 0.2) is 12.3 Å². The van der Waals surface area contributed by atoms with Crippen molar-refractivity contribution in [1.29, 1.82) is 0 Å². The summed E-state index contributed by atoms with van der Waals surface area (Å²) in [7, 11) is 1.33. The maximum atomic E-state index is 13.3. The Bertz CT molecular complexity index is 847. The molecule has 2 aliphatic rings. The molecular formula is C25H40N4O4. The van der Waals surface area contributed by atoms with Gasteiger partial charge < -0.3 is 20.1 Å². The number of aromatic nitrogens is 2. The Morgan fingerprint density at radius 1 is 1.27 bits per heavy atom. The molecule has 3 rings (SSSR count). The summed E-state index contributed by atoms with van der Waals surface area (Å²) in [6.45, 7) is 10.6. The highest BCUT2D eigenvalue weighted by Gasteiger charge is 2.40. The van der Waals surface area contributed by atoms with Gasteiger partial charge in [-0.05, 0) is 69.3 Å². The van der Waals surface area contributed by atoms with Crippen LogP contribution in [-0.4, -0.2) is 47.1 Å². The Balaban J connectivity index is 1.80. The highest BCUT2D eigenvalue weighted by atomic mass is 16.5. The number of nitrogens with one attached hydrogen (secondary N) is 2. The zero-order chi connectivity index (χ0) is 24.2. The summed E-state index contributed by atoms with van der Waals surface area (Å²) in [6, 6.07) is 0.225. The number of ether oxygens (including phenoxy) is 2. The van der Waals surface area contributed by atoms with E-state index in [0.29, 0.717) is 35.8 Å². The minimum Gasteiger partial charge on any atom is -0.477 e. The molecule has 0 radical (unpaired) electrons. The van der Waals surface area contributed by atoms with E-state index < -0.39 is 11.6 Å². The summed E-state index contributed by atoms with van der Waals surface area (Å²) in [5.41, 5.74) is -0.233. The Kier molecular flexibility index (Phi) is 8.08. The average molecular weight is 461 g/mol. The number of rotatable bonds is 8. The van der Waals surface area contributed by atoms with Gasteiger partial charge in [0.25, 0.3) is 5.91 Å². The van der Waals surface area contributed by atoms with Crippen molar-refractivity contribution in [2.24, 2.45) is 23.7 Å². The molecule has 0 saturated heterocycles. The maximum Gasteiger partial charge on any atom is 0.407 e. The summed E-state index contributed by atoms with van der Waals surface area (Å²) < 4.78 is 12.3. The number of carbonyl (C=O) groups is 2. The van der Waals surface area contributed by atoms with Crippen LogP contribution in [0.4, 0.5) is 4.79 Å². The summed E-state index contributed by atoms with van der Waals surface area (Å²) in [4.78, 5) is 24.9. The normalized spacial score (nSPS) is 25.2. The molecule has 1 heterocycles. The van der Waals surface area contributed by atoms with Crippen molar-refractivity contribution < 1.29 is 19.1 Å². The van der Waals surface area contributed by atoms with E-state index >= 15 is 0 Å². The summed E-state index contributed by atoms with van der Waals surface area (Å²) in [6.07, 6.45) is 10.5. The molecule has 2 aliphatic carbocycles. The quantitative estimate of drug-likeness (QED) is 0.597. The van der Waals surface area contributed by atoms with E-state index in [1.54, 1.807) is 23.2 Å². The van der Waals surface area contributed by atoms with E-state index in [4.69, 9.17) is 4.74 Å². The Labute approximate surface area is 197 Å². The topological polar surface area (TPSA) is 94.5 Å². The number of hydrogen-bond donors (Lipinski definition) is 2. The molecule has 2 atom stereocenters. The Morgan fingerprint density at radius 2 is 1.94 bits per heavy atom. The first kappa shape index (κ1) is 25.1. The van der Waals surface area contributed by atoms with E-state index in [0.717, 1.165) is 5.92 Å². The highest BCUT2D eigenvalue weighted by Crippen LogP contribution is 2.42. The molecule has 8 heteroatoms. The standard InChI is InChI=1S/C25H40N4O4/c1-16(2)15-33-23-20(14-26-29(23)11-10-25(4,5)28-24(31)32-6)22(30)27-21-18-8-7-9-19(21)13-17(3)12-18/h10-11,14,16-19,21H,7-9,12-13,15H2,1-6H3,(H,27,30)(H,28,31)/b11-10+/t17-,18?,19?,21-. The number of amides is 2. The third-order valence-electron chi connectivity index (χ3n) is 6.66. The number of hydrogen-bond acceptors (Lipinski definition) is 5. The van der Waals surface area contributed by atoms with Crippen molar-refractivity contribution in [2.75, 3.05) is 13.7 Å². The van der Waals surface area contributed by atoms with Crippen molar-refractivity contribution in [1.82, 2.24) is 20.4 Å². The van der Waals surface area contributed by atoms with E-state index in [1.807, 2.05) is 13.8 Å². The molecule has 0 aliphatic heterocycles. The second-order valence-corrected chi connectivity index (χ2v) is 10.7. The molecule has 2 amide bonds. The lowest BCUT2D eigenvalue weighted by atomic mass is 9.65. The third-order valence-corrected chi connectivity index (χ3v) is 6.66. The van der Waals surface area contributed by atoms with Gasteiger partial charge in [-0.15, -0.1) is 0 Å². The van der Waals surface area contributed by atoms with E-state index in [-0.39, 0.29) is 11.9 Å². The molecule has 0 aromatic carbocycles. The van der Waals surface area contributed by atoms with Gasteiger partial charge in [-0.2, -0.15) is 5.10 Å². The average Bonchev–Trinajstić information content (AvgIpc) is 3.14. The van der Waals surface area contributed by atoms with Gasteiger partial charge in [0.05, 0.1) is 25.5 Å². The first-order valence-corrected chi connectivity index (χ1v) is 12.2. The van der Waals surface area contributed by atoms with Crippen LogP contribution >= 0.6 is 0 Å². The van der Waals surface area contributed by atoms with Gasteiger partial charge in [0.15, 0.2) is 0 Å². The maximum absolute atomic E-state index is 13.3. The SMILES string of the molecule is COC(=O)NC(C)(C)/C=C/n1ncc(C(=O)N[C@H]2C3CCCC2C[C@@H](C)C3)c1OCC(C)C. The van der Waals surface area contributed by atoms with E-state index in [2.05, 4.69) is 41.2 Å². The van der Waals surface area contributed by atoms with E-state index in [1.165, 1.54) is 39.2 Å². The molecule has 33 heavy (non-hydrogen) atoms. The number of methoxy groups -OCH3 is 1. The summed E-state index contributed by atoms with van der Waals surface area (Å²) >= 11 is 0. The second-order valence-electron chi connectivity index (χ2n) is 10.7. The fourth-order valence-electron chi connectivity index (χ4n) is 5.12. The van der Waals surface area contributed by atoms with Gasteiger partial charge in [0.1, 0.15) is 5.56 Å². The molecule has 2 bridgehead atoms. The molecule has 2 N–H and O–H groups in total. The molecule has 1 aromatic heterocycles. The van der Waals surface area contributed by atoms with Gasteiger partial charge >= 0.3 is 6.09 Å². The summed E-state index contributed by atoms with van der Waals surface area (Å²) in [5, 5.41) is 10.5. The molecule has 184 valence electrons. The van der Waals surface area contributed by atoms with Gasteiger partial charge in [0.2, 0.25) is 5.88 Å². The molecule has 1 aromatic rings. The molecule has 8 nitrogen and oxygen atoms in total. The predicted molar refractivity (Wildman–Crippen MR) is 128 cm³/mol. The van der Waals surface area contributed by atoms with Crippen LogP contribution in [-0.2, 0) is 4.74 Å². The Hall–Kier alpha value is -2.51. The van der Waals surface area contributed by atoms with Crippen LogP contribution in [0.1, 0.15) is 77.1 Å². The molecule has 0 spiro atoms. The lowest BCUT2D eigenvalue weighted by Crippen LogP contribution is -2.51. The van der Waals surface area contributed by atoms with Gasteiger partial charge in [-0.1, -0.05) is 27.2 Å². The third kappa shape index (κ3) is 6.51. The van der Waals surface area contributed by atoms with Crippen molar-refractivity contribution >= 4 is 18.2 Å².